The van der Waals surface area contributed by atoms with Gasteiger partial charge in [-0.05, 0) is 22.8 Å². The van der Waals surface area contributed by atoms with Gasteiger partial charge in [0.05, 0.1) is 17.7 Å². The number of hydrogen-bond acceptors (Lipinski definition) is 10. The number of esters is 1. The van der Waals surface area contributed by atoms with E-state index in [1.165, 1.54) is 28.1 Å². The van der Waals surface area contributed by atoms with Crippen LogP contribution < -0.4 is 10.6 Å². The summed E-state index contributed by atoms with van der Waals surface area (Å²) in [6.45, 7) is 0.0396. The average molecular weight is 711 g/mol. The van der Waals surface area contributed by atoms with E-state index in [-0.39, 0.29) is 28.7 Å². The Morgan fingerprint density at radius 3 is 2.24 bits per heavy atom. The van der Waals surface area contributed by atoms with E-state index in [1.807, 2.05) is 78.9 Å². The van der Waals surface area contributed by atoms with Crippen LogP contribution in [0.3, 0.4) is 0 Å². The Morgan fingerprint density at radius 2 is 1.60 bits per heavy atom. The number of nitrogens with zero attached hydrogens (tertiary/aromatic N) is 2. The van der Waals surface area contributed by atoms with Gasteiger partial charge < -0.3 is 19.9 Å². The van der Waals surface area contributed by atoms with Crippen molar-refractivity contribution < 1.29 is 38.6 Å². The number of thiazole rings is 1. The third-order valence-corrected chi connectivity index (χ3v) is 9.64. The summed E-state index contributed by atoms with van der Waals surface area (Å²) in [5, 5.41) is 15.5. The van der Waals surface area contributed by atoms with Crippen molar-refractivity contribution in [3.63, 3.8) is 0 Å². The standard InChI is InChI=1S/C36H30N4O8S2/c41-28(42)17-16-25(26-21-50-35(37-26)39-36(46)47-20-22-10-4-1-5-11-22)31(43)38-29-32(44)40-27(18-19-49-33(29)40)34(45)48-30(23-12-6-2-7-13-23)24-14-8-3-9-15-24/h1-16,18,21,29-30,33H,17,19-20H2,(H,38,43)(H,41,42)(H,37,39,46)/t29-,33+/m1/s1. The number of fused-ring (bicyclic) bond motifs is 1. The van der Waals surface area contributed by atoms with Gasteiger partial charge in [-0.3, -0.25) is 24.6 Å². The number of benzene rings is 3. The second-order valence-electron chi connectivity index (χ2n) is 11.0. The zero-order valence-corrected chi connectivity index (χ0v) is 27.9. The maximum absolute atomic E-state index is 13.6. The van der Waals surface area contributed by atoms with Crippen molar-refractivity contribution in [2.45, 2.75) is 30.5 Å². The SMILES string of the molecule is O=C(O)CC=C(C(=O)N[C@@H]1C(=O)N2C(C(=O)OC(c3ccccc3)c3ccccc3)=CCS[C@@H]12)c1csc(NC(=O)OCc2ccccc2)n1. The van der Waals surface area contributed by atoms with Crippen LogP contribution in [0.25, 0.3) is 5.57 Å². The smallest absolute Gasteiger partial charge is 0.413 e. The fourth-order valence-corrected chi connectivity index (χ4v) is 7.20. The summed E-state index contributed by atoms with van der Waals surface area (Å²) in [4.78, 5) is 69.9. The van der Waals surface area contributed by atoms with Gasteiger partial charge in [-0.15, -0.1) is 23.1 Å². The number of β-lactam (4-membered cyclic amide) rings is 1. The Morgan fingerprint density at radius 1 is 0.960 bits per heavy atom. The molecule has 0 radical (unpaired) electrons. The number of carboxylic acid groups (broad SMARTS) is 1. The number of carboxylic acids is 1. The molecule has 0 aliphatic carbocycles. The molecule has 254 valence electrons. The number of rotatable bonds is 12. The number of carbonyl (C=O) groups is 5. The molecule has 0 saturated carbocycles. The Bertz CT molecular complexity index is 1910. The first kappa shape index (κ1) is 34.1. The maximum atomic E-state index is 13.6. The molecule has 0 unspecified atom stereocenters. The van der Waals surface area contributed by atoms with E-state index in [1.54, 1.807) is 18.2 Å². The minimum absolute atomic E-state index is 0.0396. The molecule has 2 aliphatic rings. The number of ether oxygens (including phenoxy) is 2. The molecule has 50 heavy (non-hydrogen) atoms. The third kappa shape index (κ3) is 7.93. The van der Waals surface area contributed by atoms with E-state index in [0.29, 0.717) is 5.75 Å². The summed E-state index contributed by atoms with van der Waals surface area (Å²) >= 11 is 2.37. The summed E-state index contributed by atoms with van der Waals surface area (Å²) in [6, 6.07) is 26.6. The Balaban J connectivity index is 1.12. The molecular formula is C36H30N4O8S2. The Hall–Kier alpha value is -5.73. The second kappa shape index (κ2) is 15.7. The number of aromatic nitrogens is 1. The van der Waals surface area contributed by atoms with Gasteiger partial charge in [0.25, 0.3) is 11.8 Å². The van der Waals surface area contributed by atoms with Crippen molar-refractivity contribution in [2.24, 2.45) is 0 Å². The zero-order valence-electron chi connectivity index (χ0n) is 26.3. The van der Waals surface area contributed by atoms with Gasteiger partial charge in [-0.1, -0.05) is 97.1 Å². The van der Waals surface area contributed by atoms with Crippen LogP contribution in [0.1, 0.15) is 34.9 Å². The third-order valence-electron chi connectivity index (χ3n) is 7.70. The molecular weight excluding hydrogens is 681 g/mol. The van der Waals surface area contributed by atoms with Crippen molar-refractivity contribution in [3.05, 3.63) is 137 Å². The van der Waals surface area contributed by atoms with Crippen molar-refractivity contribution >= 4 is 63.6 Å². The molecule has 0 bridgehead atoms. The lowest BCUT2D eigenvalue weighted by Crippen LogP contribution is -2.70. The highest BCUT2D eigenvalue weighted by atomic mass is 32.2. The highest BCUT2D eigenvalue weighted by Gasteiger charge is 2.53. The number of hydrogen-bond donors (Lipinski definition) is 3. The molecule has 12 nitrogen and oxygen atoms in total. The molecule has 3 aromatic carbocycles. The fraction of sp³-hybridized carbons (Fsp3) is 0.167. The maximum Gasteiger partial charge on any atom is 0.413 e. The molecule has 3 amide bonds. The van der Waals surface area contributed by atoms with Crippen LogP contribution in [0.4, 0.5) is 9.93 Å². The van der Waals surface area contributed by atoms with Crippen molar-refractivity contribution in [1.29, 1.82) is 0 Å². The molecule has 6 rings (SSSR count). The molecule has 1 fully saturated rings. The summed E-state index contributed by atoms with van der Waals surface area (Å²) in [5.74, 6) is -2.73. The number of nitrogens with one attached hydrogen (secondary N) is 2. The quantitative estimate of drug-likeness (QED) is 0.0990. The molecule has 3 N–H and O–H groups in total. The van der Waals surface area contributed by atoms with E-state index in [2.05, 4.69) is 15.6 Å². The second-order valence-corrected chi connectivity index (χ2v) is 13.0. The van der Waals surface area contributed by atoms with Crippen LogP contribution in [0.2, 0.25) is 0 Å². The van der Waals surface area contributed by atoms with E-state index in [0.717, 1.165) is 28.0 Å². The van der Waals surface area contributed by atoms with Gasteiger partial charge in [0.2, 0.25) is 0 Å². The van der Waals surface area contributed by atoms with Crippen LogP contribution in [0, 0.1) is 0 Å². The van der Waals surface area contributed by atoms with E-state index < -0.39 is 53.8 Å². The first-order valence-electron chi connectivity index (χ1n) is 15.4. The average Bonchev–Trinajstić information content (AvgIpc) is 3.60. The minimum atomic E-state index is -1.18. The van der Waals surface area contributed by atoms with Gasteiger partial charge in [-0.2, -0.15) is 0 Å². The van der Waals surface area contributed by atoms with Crippen LogP contribution in [0.15, 0.2) is 114 Å². The van der Waals surface area contributed by atoms with Crippen LogP contribution in [-0.2, 0) is 35.3 Å². The molecule has 2 aliphatic heterocycles. The highest BCUT2D eigenvalue weighted by molar-refractivity contribution is 8.00. The normalized spacial score (nSPS) is 16.8. The molecule has 14 heteroatoms. The van der Waals surface area contributed by atoms with Crippen molar-refractivity contribution in [2.75, 3.05) is 11.1 Å². The predicted molar refractivity (Wildman–Crippen MR) is 187 cm³/mol. The molecule has 3 heterocycles. The lowest BCUT2D eigenvalue weighted by Gasteiger charge is -2.48. The highest BCUT2D eigenvalue weighted by Crippen LogP contribution is 2.39. The van der Waals surface area contributed by atoms with Crippen molar-refractivity contribution in [3.8, 4) is 0 Å². The predicted octanol–water partition coefficient (Wildman–Crippen LogP) is 5.37. The summed E-state index contributed by atoms with van der Waals surface area (Å²) in [5.41, 5.74) is 2.41. The number of thioether (sulfide) groups is 1. The first-order valence-corrected chi connectivity index (χ1v) is 17.3. The Labute approximate surface area is 294 Å². The van der Waals surface area contributed by atoms with Gasteiger partial charge in [0, 0.05) is 11.1 Å². The van der Waals surface area contributed by atoms with Crippen LogP contribution in [0.5, 0.6) is 0 Å². The first-order chi connectivity index (χ1) is 24.3. The van der Waals surface area contributed by atoms with E-state index in [9.17, 15) is 29.1 Å². The molecule has 2 atom stereocenters. The zero-order chi connectivity index (χ0) is 35.0. The number of anilines is 1. The fourth-order valence-electron chi connectivity index (χ4n) is 5.30. The lowest BCUT2D eigenvalue weighted by atomic mass is 10.0. The number of aliphatic carboxylic acids is 1. The summed E-state index contributed by atoms with van der Waals surface area (Å²) < 4.78 is 11.2. The van der Waals surface area contributed by atoms with Gasteiger partial charge in [0.15, 0.2) is 11.2 Å². The number of amides is 3. The number of carbonyl (C=O) groups excluding carboxylic acids is 4. The molecule has 1 saturated heterocycles. The largest absolute Gasteiger partial charge is 0.481 e. The van der Waals surface area contributed by atoms with E-state index >= 15 is 0 Å². The monoisotopic (exact) mass is 710 g/mol. The summed E-state index contributed by atoms with van der Waals surface area (Å²) in [6.07, 6.45) is 0.851. The topological polar surface area (TPSA) is 164 Å². The lowest BCUT2D eigenvalue weighted by molar-refractivity contribution is -0.154. The molecule has 1 aromatic heterocycles. The van der Waals surface area contributed by atoms with Gasteiger partial charge >= 0.3 is 18.0 Å². The van der Waals surface area contributed by atoms with Gasteiger partial charge in [0.1, 0.15) is 23.7 Å². The van der Waals surface area contributed by atoms with Gasteiger partial charge in [-0.25, -0.2) is 14.6 Å². The molecule has 4 aromatic rings. The van der Waals surface area contributed by atoms with Crippen molar-refractivity contribution in [1.82, 2.24) is 15.2 Å². The minimum Gasteiger partial charge on any atom is -0.481 e. The van der Waals surface area contributed by atoms with Crippen LogP contribution >= 0.6 is 23.1 Å². The Kier molecular flexibility index (Phi) is 10.7. The summed E-state index contributed by atoms with van der Waals surface area (Å²) in [7, 11) is 0. The van der Waals surface area contributed by atoms with Crippen LogP contribution in [-0.4, -0.2) is 62.0 Å². The van der Waals surface area contributed by atoms with E-state index in [4.69, 9.17) is 9.47 Å². The molecule has 0 spiro atoms.